The van der Waals surface area contributed by atoms with Crippen molar-refractivity contribution in [3.8, 4) is 5.82 Å². The van der Waals surface area contributed by atoms with Gasteiger partial charge < -0.3 is 0 Å². The monoisotopic (exact) mass is 393 g/mol. The van der Waals surface area contributed by atoms with E-state index in [-0.39, 0.29) is 16.3 Å². The van der Waals surface area contributed by atoms with Crippen LogP contribution in [0.15, 0.2) is 70.8 Å². The van der Waals surface area contributed by atoms with Gasteiger partial charge in [-0.2, -0.15) is 5.10 Å². The predicted molar refractivity (Wildman–Crippen MR) is 93.2 cm³/mol. The minimum Gasteiger partial charge on any atom is -0.237 e. The topological polar surface area (TPSA) is 137 Å². The van der Waals surface area contributed by atoms with Gasteiger partial charge in [0.15, 0.2) is 5.82 Å². The van der Waals surface area contributed by atoms with Gasteiger partial charge in [0.1, 0.15) is 0 Å². The van der Waals surface area contributed by atoms with E-state index in [1.54, 1.807) is 41.5 Å². The van der Waals surface area contributed by atoms with Gasteiger partial charge in [0.25, 0.3) is 0 Å². The van der Waals surface area contributed by atoms with Crippen molar-refractivity contribution >= 4 is 20.0 Å². The van der Waals surface area contributed by atoms with Crippen LogP contribution in [0.2, 0.25) is 0 Å². The van der Waals surface area contributed by atoms with Crippen LogP contribution in [0.3, 0.4) is 0 Å². The molecule has 11 heteroatoms. The second kappa shape index (κ2) is 6.96. The number of nitrogens with zero attached hydrogens (tertiary/aromatic N) is 3. The number of nitrogens with two attached hydrogens (primary N) is 1. The van der Waals surface area contributed by atoms with Crippen molar-refractivity contribution in [2.75, 3.05) is 0 Å². The molecule has 9 nitrogen and oxygen atoms in total. The largest absolute Gasteiger partial charge is 0.240 e. The molecule has 0 atom stereocenters. The van der Waals surface area contributed by atoms with E-state index in [1.807, 2.05) is 0 Å². The summed E-state index contributed by atoms with van der Waals surface area (Å²) in [5.41, 5.74) is 0.664. The van der Waals surface area contributed by atoms with Crippen LogP contribution >= 0.6 is 0 Å². The summed E-state index contributed by atoms with van der Waals surface area (Å²) in [6.45, 7) is -0.00127. The van der Waals surface area contributed by atoms with Crippen molar-refractivity contribution in [1.82, 2.24) is 19.5 Å². The maximum Gasteiger partial charge on any atom is 0.240 e. The van der Waals surface area contributed by atoms with E-state index in [1.165, 1.54) is 18.2 Å². The zero-order valence-corrected chi connectivity index (χ0v) is 15.0. The maximum absolute atomic E-state index is 12.4. The summed E-state index contributed by atoms with van der Waals surface area (Å²) in [7, 11) is -7.91. The molecule has 0 bridgehead atoms. The van der Waals surface area contributed by atoms with Crippen molar-refractivity contribution in [3.63, 3.8) is 0 Å². The van der Waals surface area contributed by atoms with E-state index < -0.39 is 20.0 Å². The molecule has 3 aromatic rings. The third-order valence-corrected chi connectivity index (χ3v) is 5.77. The van der Waals surface area contributed by atoms with Crippen molar-refractivity contribution in [1.29, 1.82) is 0 Å². The minimum absolute atomic E-state index is 0.00127. The average Bonchev–Trinajstić information content (AvgIpc) is 3.14. The highest BCUT2D eigenvalue weighted by atomic mass is 32.2. The number of rotatable bonds is 6. The molecule has 26 heavy (non-hydrogen) atoms. The number of aromatic nitrogens is 3. The zero-order chi connectivity index (χ0) is 18.8. The molecule has 0 radical (unpaired) electrons. The molecule has 0 fully saturated rings. The number of hydrogen-bond donors (Lipinski definition) is 2. The second-order valence-corrected chi connectivity index (χ2v) is 8.65. The molecule has 0 spiro atoms. The highest BCUT2D eigenvalue weighted by Crippen LogP contribution is 2.15. The number of hydrogen-bond acceptors (Lipinski definition) is 6. The maximum atomic E-state index is 12.4. The first-order valence-corrected chi connectivity index (χ1v) is 10.4. The predicted octanol–water partition coefficient (Wildman–Crippen LogP) is 0.393. The van der Waals surface area contributed by atoms with Crippen molar-refractivity contribution in [2.24, 2.45) is 5.14 Å². The molecule has 0 aliphatic carbocycles. The third-order valence-electron chi connectivity index (χ3n) is 3.46. The van der Waals surface area contributed by atoms with Crippen LogP contribution in [0.1, 0.15) is 5.56 Å². The molecule has 1 aromatic carbocycles. The minimum atomic E-state index is -3.99. The third kappa shape index (κ3) is 4.14. The first-order chi connectivity index (χ1) is 12.3. The van der Waals surface area contributed by atoms with E-state index in [4.69, 9.17) is 5.14 Å². The van der Waals surface area contributed by atoms with E-state index in [0.717, 1.165) is 6.07 Å². The number of primary sulfonamides is 1. The molecule has 2 aromatic heterocycles. The lowest BCUT2D eigenvalue weighted by Gasteiger charge is -2.09. The van der Waals surface area contributed by atoms with Gasteiger partial charge in [0, 0.05) is 25.1 Å². The van der Waals surface area contributed by atoms with Gasteiger partial charge in [0.2, 0.25) is 20.0 Å². The lowest BCUT2D eigenvalue weighted by molar-refractivity contribution is 0.581. The standard InChI is InChI=1S/C15H15N5O4S2/c16-25(21,22)13-3-1-4-14(10-13)26(23,24)19-11-12-5-7-17-15(9-12)20-8-2-6-18-20/h1-10,19H,11H2,(H2,16,21,22). The number of pyridine rings is 1. The Morgan fingerprint density at radius 2 is 1.77 bits per heavy atom. The smallest absolute Gasteiger partial charge is 0.237 e. The van der Waals surface area contributed by atoms with E-state index in [9.17, 15) is 16.8 Å². The number of sulfonamides is 2. The molecule has 2 heterocycles. The fourth-order valence-electron chi connectivity index (χ4n) is 2.18. The Bertz CT molecular complexity index is 1130. The molecular weight excluding hydrogens is 378 g/mol. The highest BCUT2D eigenvalue weighted by molar-refractivity contribution is 7.90. The Labute approximate surface area is 150 Å². The van der Waals surface area contributed by atoms with Crippen molar-refractivity contribution < 1.29 is 16.8 Å². The Balaban J connectivity index is 1.80. The van der Waals surface area contributed by atoms with Gasteiger partial charge in [-0.1, -0.05) is 6.07 Å². The lowest BCUT2D eigenvalue weighted by atomic mass is 10.2. The van der Waals surface area contributed by atoms with Crippen molar-refractivity contribution in [2.45, 2.75) is 16.3 Å². The van der Waals surface area contributed by atoms with Crippen LogP contribution < -0.4 is 9.86 Å². The molecule has 0 aliphatic rings. The van der Waals surface area contributed by atoms with Gasteiger partial charge in [-0.05, 0) is 42.0 Å². The van der Waals surface area contributed by atoms with Gasteiger partial charge in [-0.25, -0.2) is 36.4 Å². The molecule has 0 aliphatic heterocycles. The zero-order valence-electron chi connectivity index (χ0n) is 13.3. The number of benzene rings is 1. The van der Waals surface area contributed by atoms with Crippen LogP contribution in [0.25, 0.3) is 5.82 Å². The Hall–Kier alpha value is -2.60. The van der Waals surface area contributed by atoms with Gasteiger partial charge in [0.05, 0.1) is 9.79 Å². The molecule has 3 N–H and O–H groups in total. The van der Waals surface area contributed by atoms with Gasteiger partial charge in [-0.3, -0.25) is 0 Å². The van der Waals surface area contributed by atoms with Gasteiger partial charge in [-0.15, -0.1) is 0 Å². The summed E-state index contributed by atoms with van der Waals surface area (Å²) < 4.78 is 51.6. The molecule has 3 rings (SSSR count). The van der Waals surface area contributed by atoms with Gasteiger partial charge >= 0.3 is 0 Å². The first-order valence-electron chi connectivity index (χ1n) is 7.33. The fourth-order valence-corrected chi connectivity index (χ4v) is 3.88. The molecule has 0 unspecified atom stereocenters. The summed E-state index contributed by atoms with van der Waals surface area (Å²) in [5, 5.41) is 9.10. The molecular formula is C15H15N5O4S2. The first kappa shape index (κ1) is 18.2. The van der Waals surface area contributed by atoms with Crippen LogP contribution in [0, 0.1) is 0 Å². The molecule has 0 saturated heterocycles. The lowest BCUT2D eigenvalue weighted by Crippen LogP contribution is -2.24. The summed E-state index contributed by atoms with van der Waals surface area (Å²) in [5.74, 6) is 0.544. The van der Waals surface area contributed by atoms with Crippen molar-refractivity contribution in [3.05, 3.63) is 66.6 Å². The number of nitrogens with one attached hydrogen (secondary N) is 1. The van der Waals surface area contributed by atoms with E-state index >= 15 is 0 Å². The van der Waals surface area contributed by atoms with Crippen LogP contribution in [0.5, 0.6) is 0 Å². The Morgan fingerprint density at radius 3 is 2.46 bits per heavy atom. The second-order valence-electron chi connectivity index (χ2n) is 5.32. The average molecular weight is 393 g/mol. The summed E-state index contributed by atoms with van der Waals surface area (Å²) >= 11 is 0. The van der Waals surface area contributed by atoms with Crippen LogP contribution in [-0.4, -0.2) is 31.6 Å². The Kier molecular flexibility index (Phi) is 4.87. The van der Waals surface area contributed by atoms with Crippen LogP contribution in [0.4, 0.5) is 0 Å². The summed E-state index contributed by atoms with van der Waals surface area (Å²) in [6, 6.07) is 9.95. The SMILES string of the molecule is NS(=O)(=O)c1cccc(S(=O)(=O)NCc2ccnc(-n3cccn3)c2)c1. The van der Waals surface area contributed by atoms with E-state index in [2.05, 4.69) is 14.8 Å². The molecule has 0 saturated carbocycles. The van der Waals surface area contributed by atoms with E-state index in [0.29, 0.717) is 11.4 Å². The normalized spacial score (nSPS) is 12.2. The van der Waals surface area contributed by atoms with Crippen LogP contribution in [-0.2, 0) is 26.6 Å². The highest BCUT2D eigenvalue weighted by Gasteiger charge is 2.17. The quantitative estimate of drug-likeness (QED) is 0.622. The summed E-state index contributed by atoms with van der Waals surface area (Å²) in [6.07, 6.45) is 4.87. The summed E-state index contributed by atoms with van der Waals surface area (Å²) in [4.78, 5) is 3.70. The molecule has 136 valence electrons. The Morgan fingerprint density at radius 1 is 1.00 bits per heavy atom. The fraction of sp³-hybridized carbons (Fsp3) is 0.0667. The molecule has 0 amide bonds.